The average molecular weight is 384 g/mol. The van der Waals surface area contributed by atoms with Crippen molar-refractivity contribution >= 4 is 23.4 Å². The molecule has 0 aliphatic rings. The maximum absolute atomic E-state index is 12.3. The van der Waals surface area contributed by atoms with Crippen LogP contribution in [0.2, 0.25) is 0 Å². The number of thioether (sulfide) groups is 1. The molecule has 0 saturated carbocycles. The van der Waals surface area contributed by atoms with Crippen molar-refractivity contribution in [2.45, 2.75) is 17.7 Å². The SMILES string of the molecule is CCOC(=O)c1cn(-c2ccc([N+](=O)[O-])cn2)nc1SCc1ccccc1. The van der Waals surface area contributed by atoms with E-state index in [0.717, 1.165) is 11.8 Å². The van der Waals surface area contributed by atoms with Gasteiger partial charge < -0.3 is 4.74 Å². The van der Waals surface area contributed by atoms with E-state index in [-0.39, 0.29) is 12.3 Å². The molecule has 3 aromatic rings. The Hall–Kier alpha value is -3.20. The fourth-order valence-electron chi connectivity index (χ4n) is 2.28. The number of nitro groups is 1. The van der Waals surface area contributed by atoms with E-state index in [1.54, 1.807) is 6.92 Å². The Labute approximate surface area is 159 Å². The molecule has 0 atom stereocenters. The molecule has 0 aliphatic heterocycles. The van der Waals surface area contributed by atoms with Gasteiger partial charge >= 0.3 is 5.97 Å². The van der Waals surface area contributed by atoms with Gasteiger partial charge in [0, 0.05) is 18.0 Å². The number of rotatable bonds is 7. The highest BCUT2D eigenvalue weighted by atomic mass is 32.2. The molecule has 0 unspecified atom stereocenters. The van der Waals surface area contributed by atoms with Gasteiger partial charge in [-0.25, -0.2) is 14.5 Å². The standard InChI is InChI=1S/C18H16N4O4S/c1-2-26-18(23)15-11-21(16-9-8-14(10-19-16)22(24)25)20-17(15)27-12-13-6-4-3-5-7-13/h3-11H,2,12H2,1H3. The highest BCUT2D eigenvalue weighted by molar-refractivity contribution is 7.98. The van der Waals surface area contributed by atoms with Crippen LogP contribution in [0.3, 0.4) is 0 Å². The van der Waals surface area contributed by atoms with Crippen LogP contribution in [0.15, 0.2) is 59.9 Å². The summed E-state index contributed by atoms with van der Waals surface area (Å²) < 4.78 is 6.53. The minimum Gasteiger partial charge on any atom is -0.462 e. The molecule has 0 aliphatic carbocycles. The number of nitrogens with zero attached hydrogens (tertiary/aromatic N) is 4. The summed E-state index contributed by atoms with van der Waals surface area (Å²) in [4.78, 5) is 26.6. The zero-order chi connectivity index (χ0) is 19.2. The van der Waals surface area contributed by atoms with Gasteiger partial charge in [0.1, 0.15) is 16.8 Å². The predicted octanol–water partition coefficient (Wildman–Crippen LogP) is 3.64. The van der Waals surface area contributed by atoms with Crippen LogP contribution in [0.5, 0.6) is 0 Å². The van der Waals surface area contributed by atoms with Gasteiger partial charge in [-0.1, -0.05) is 42.1 Å². The third-order valence-corrected chi connectivity index (χ3v) is 4.62. The van der Waals surface area contributed by atoms with E-state index in [9.17, 15) is 14.9 Å². The Balaban J connectivity index is 1.88. The van der Waals surface area contributed by atoms with Crippen molar-refractivity contribution in [1.82, 2.24) is 14.8 Å². The summed E-state index contributed by atoms with van der Waals surface area (Å²) in [5.41, 5.74) is 1.31. The van der Waals surface area contributed by atoms with Gasteiger partial charge in [0.25, 0.3) is 5.69 Å². The second-order valence-corrected chi connectivity index (χ2v) is 6.38. The van der Waals surface area contributed by atoms with Crippen molar-refractivity contribution < 1.29 is 14.5 Å². The predicted molar refractivity (Wildman–Crippen MR) is 100.0 cm³/mol. The summed E-state index contributed by atoms with van der Waals surface area (Å²) in [5, 5.41) is 15.7. The van der Waals surface area contributed by atoms with Gasteiger partial charge in [0.15, 0.2) is 5.82 Å². The number of ether oxygens (including phenoxy) is 1. The van der Waals surface area contributed by atoms with Crippen molar-refractivity contribution in [2.75, 3.05) is 6.61 Å². The fourth-order valence-corrected chi connectivity index (χ4v) is 3.21. The first-order valence-corrected chi connectivity index (χ1v) is 9.11. The van der Waals surface area contributed by atoms with Crippen LogP contribution in [0, 0.1) is 10.1 Å². The zero-order valence-corrected chi connectivity index (χ0v) is 15.3. The zero-order valence-electron chi connectivity index (χ0n) is 14.4. The molecule has 0 amide bonds. The van der Waals surface area contributed by atoms with Crippen LogP contribution in [0.25, 0.3) is 5.82 Å². The van der Waals surface area contributed by atoms with Crippen molar-refractivity contribution in [2.24, 2.45) is 0 Å². The summed E-state index contributed by atoms with van der Waals surface area (Å²) in [6.45, 7) is 1.99. The molecule has 0 N–H and O–H groups in total. The molecular formula is C18H16N4O4S. The van der Waals surface area contributed by atoms with Gasteiger partial charge in [-0.3, -0.25) is 10.1 Å². The monoisotopic (exact) mass is 384 g/mol. The molecule has 138 valence electrons. The molecule has 2 heterocycles. The number of hydrogen-bond acceptors (Lipinski definition) is 7. The Morgan fingerprint density at radius 2 is 2.04 bits per heavy atom. The second kappa shape index (κ2) is 8.45. The largest absolute Gasteiger partial charge is 0.462 e. The molecule has 0 radical (unpaired) electrons. The van der Waals surface area contributed by atoms with Crippen LogP contribution >= 0.6 is 11.8 Å². The second-order valence-electron chi connectivity index (χ2n) is 5.42. The summed E-state index contributed by atoms with van der Waals surface area (Å²) in [6, 6.07) is 12.6. The quantitative estimate of drug-likeness (QED) is 0.265. The van der Waals surface area contributed by atoms with Gasteiger partial charge in [0.05, 0.1) is 11.5 Å². The van der Waals surface area contributed by atoms with E-state index < -0.39 is 10.9 Å². The van der Waals surface area contributed by atoms with Crippen molar-refractivity contribution in [3.63, 3.8) is 0 Å². The first-order valence-electron chi connectivity index (χ1n) is 8.13. The Morgan fingerprint density at radius 1 is 1.26 bits per heavy atom. The van der Waals surface area contributed by atoms with Gasteiger partial charge in [0.2, 0.25) is 0 Å². The van der Waals surface area contributed by atoms with E-state index >= 15 is 0 Å². The molecule has 9 heteroatoms. The summed E-state index contributed by atoms with van der Waals surface area (Å²) in [5.74, 6) is 0.539. The minimum absolute atomic E-state index is 0.116. The lowest BCUT2D eigenvalue weighted by atomic mass is 10.2. The molecule has 0 saturated heterocycles. The van der Waals surface area contributed by atoms with Gasteiger partial charge in [-0.15, -0.1) is 0 Å². The highest BCUT2D eigenvalue weighted by Crippen LogP contribution is 2.26. The van der Waals surface area contributed by atoms with E-state index in [4.69, 9.17) is 4.74 Å². The summed E-state index contributed by atoms with van der Waals surface area (Å²) in [7, 11) is 0. The Kier molecular flexibility index (Phi) is 5.82. The van der Waals surface area contributed by atoms with Crippen LogP contribution in [0.4, 0.5) is 5.69 Å². The van der Waals surface area contributed by atoms with E-state index in [0.29, 0.717) is 22.2 Å². The molecule has 2 aromatic heterocycles. The number of pyridine rings is 1. The number of hydrogen-bond donors (Lipinski definition) is 0. The summed E-state index contributed by atoms with van der Waals surface area (Å²) in [6.07, 6.45) is 2.68. The number of benzene rings is 1. The molecule has 8 nitrogen and oxygen atoms in total. The number of carbonyl (C=O) groups excluding carboxylic acids is 1. The van der Waals surface area contributed by atoms with Crippen LogP contribution in [-0.2, 0) is 10.5 Å². The summed E-state index contributed by atoms with van der Waals surface area (Å²) >= 11 is 1.41. The van der Waals surface area contributed by atoms with E-state index in [1.165, 1.54) is 34.8 Å². The van der Waals surface area contributed by atoms with Gasteiger partial charge in [-0.2, -0.15) is 5.10 Å². The van der Waals surface area contributed by atoms with Crippen molar-refractivity contribution in [3.8, 4) is 5.82 Å². The molecule has 0 spiro atoms. The number of aromatic nitrogens is 3. The van der Waals surface area contributed by atoms with Crippen molar-refractivity contribution in [1.29, 1.82) is 0 Å². The third-order valence-electron chi connectivity index (χ3n) is 3.57. The third kappa shape index (κ3) is 4.50. The van der Waals surface area contributed by atoms with E-state index in [1.807, 2.05) is 30.3 Å². The number of esters is 1. The van der Waals surface area contributed by atoms with Gasteiger partial charge in [-0.05, 0) is 18.6 Å². The lowest BCUT2D eigenvalue weighted by Gasteiger charge is -2.02. The molecule has 0 fully saturated rings. The smallest absolute Gasteiger partial charge is 0.342 e. The number of carbonyl (C=O) groups is 1. The van der Waals surface area contributed by atoms with E-state index in [2.05, 4.69) is 10.1 Å². The molecule has 27 heavy (non-hydrogen) atoms. The Bertz CT molecular complexity index is 942. The van der Waals surface area contributed by atoms with Crippen LogP contribution in [0.1, 0.15) is 22.8 Å². The minimum atomic E-state index is -0.523. The van der Waals surface area contributed by atoms with Crippen LogP contribution in [-0.4, -0.2) is 32.3 Å². The maximum atomic E-state index is 12.3. The average Bonchev–Trinajstić information content (AvgIpc) is 3.12. The lowest BCUT2D eigenvalue weighted by Crippen LogP contribution is -2.04. The normalized spacial score (nSPS) is 10.6. The molecular weight excluding hydrogens is 368 g/mol. The molecule has 3 rings (SSSR count). The first-order chi connectivity index (χ1) is 13.1. The maximum Gasteiger partial charge on any atom is 0.342 e. The first kappa shape index (κ1) is 18.6. The molecule has 0 bridgehead atoms. The Morgan fingerprint density at radius 3 is 2.67 bits per heavy atom. The molecule has 1 aromatic carbocycles. The van der Waals surface area contributed by atoms with Crippen LogP contribution < -0.4 is 0 Å². The highest BCUT2D eigenvalue weighted by Gasteiger charge is 2.19. The topological polar surface area (TPSA) is 100 Å². The fraction of sp³-hybridized carbons (Fsp3) is 0.167. The lowest BCUT2D eigenvalue weighted by molar-refractivity contribution is -0.385. The van der Waals surface area contributed by atoms with Crippen molar-refractivity contribution in [3.05, 3.63) is 76.1 Å².